The Morgan fingerprint density at radius 3 is 1.10 bits per heavy atom. The first-order valence-electron chi connectivity index (χ1n) is 1.02. The van der Waals surface area contributed by atoms with Crippen molar-refractivity contribution in [3.63, 3.8) is 0 Å². The van der Waals surface area contributed by atoms with Crippen molar-refractivity contribution in [3.05, 3.63) is 0 Å². The van der Waals surface area contributed by atoms with Crippen LogP contribution in [0, 0.1) is 0 Å². The van der Waals surface area contributed by atoms with Crippen LogP contribution in [0.4, 0.5) is 0 Å². The van der Waals surface area contributed by atoms with Crippen LogP contribution in [-0.2, 0) is 22.7 Å². The molecule has 0 aliphatic carbocycles. The van der Waals surface area contributed by atoms with E-state index in [2.05, 4.69) is 0 Å². The molecule has 0 aromatic rings. The summed E-state index contributed by atoms with van der Waals surface area (Å²) in [5.74, 6) is 0. The Hall–Kier alpha value is 3.04. The van der Waals surface area contributed by atoms with Gasteiger partial charge in [0.15, 0.2) is 0 Å². The molecule has 0 aromatic carbocycles. The van der Waals surface area contributed by atoms with E-state index in [0.29, 0.717) is 0 Å². The van der Waals surface area contributed by atoms with Gasteiger partial charge in [0.2, 0.25) is 0 Å². The summed E-state index contributed by atoms with van der Waals surface area (Å²) in [6, 6.07) is 0. The molecule has 0 bridgehead atoms. The summed E-state index contributed by atoms with van der Waals surface area (Å²) in [5, 5.41) is 0. The van der Waals surface area contributed by atoms with Crippen molar-refractivity contribution in [2.75, 3.05) is 0 Å². The summed E-state index contributed by atoms with van der Waals surface area (Å²) < 4.78 is 49.4. The molecule has 0 aliphatic rings. The molecular weight excluding hydrogens is 239 g/mol. The van der Waals surface area contributed by atoms with E-state index in [9.17, 15) is 0 Å². The molecule has 0 saturated heterocycles. The molecule has 0 saturated carbocycles. The summed E-state index contributed by atoms with van der Waals surface area (Å²) in [4.78, 5) is 0. The van der Waals surface area contributed by atoms with Crippen LogP contribution in [0.15, 0.2) is 0 Å². The van der Waals surface area contributed by atoms with E-state index in [1.54, 1.807) is 0 Å². The van der Waals surface area contributed by atoms with Crippen LogP contribution < -0.4 is 51.4 Å². The maximum Gasteiger partial charge on any atom is 2.00 e. The average molecular weight is 240 g/mol. The van der Waals surface area contributed by atoms with Crippen LogP contribution in [-0.4, -0.2) is 64.4 Å². The summed E-state index contributed by atoms with van der Waals surface area (Å²) in [6.07, 6.45) is 0. The van der Waals surface area contributed by atoms with Crippen molar-refractivity contribution in [3.8, 4) is 0 Å². The van der Waals surface area contributed by atoms with Gasteiger partial charge in [-0.2, -0.15) is 0 Å². The van der Waals surface area contributed by atoms with Crippen molar-refractivity contribution in [1.29, 1.82) is 0 Å². The van der Waals surface area contributed by atoms with E-state index < -0.39 is 22.7 Å². The number of hydrogen-bond donors (Lipinski definition) is 1. The third kappa shape index (κ3) is 121. The molecule has 0 rings (SSSR count). The maximum absolute atomic E-state index is 8.56. The van der Waals surface area contributed by atoms with Crippen molar-refractivity contribution < 1.29 is 78.0 Å². The molecule has 0 aromatic heterocycles. The molecule has 0 radical (unpaired) electrons. The molecule has 6 nitrogen and oxygen atoms in total. The second-order valence-electron chi connectivity index (χ2n) is 0.421. The zero-order valence-electron chi connectivity index (χ0n) is 5.01. The molecule has 10 heteroatoms. The van der Waals surface area contributed by atoms with Gasteiger partial charge < -0.3 is 18.2 Å². The van der Waals surface area contributed by atoms with Crippen molar-refractivity contribution in [2.45, 2.75) is 0 Å². The zero-order chi connectivity index (χ0) is 7.15. The quantitative estimate of drug-likeness (QED) is 0.334. The fourth-order valence-electron chi connectivity index (χ4n) is 0. The first-order valence-corrected chi connectivity index (χ1v) is 3.05. The molecule has 10 heavy (non-hydrogen) atoms. The fraction of sp³-hybridized carbons (Fsp3) is 0. The van der Waals surface area contributed by atoms with E-state index in [1.807, 2.05) is 0 Å². The second-order valence-corrected chi connectivity index (χ2v) is 1.26. The van der Waals surface area contributed by atoms with E-state index in [-0.39, 0.29) is 89.1 Å². The monoisotopic (exact) mass is 240 g/mol. The van der Waals surface area contributed by atoms with Crippen molar-refractivity contribution in [1.82, 2.24) is 0 Å². The SMILES string of the molecule is O=S([O-])O.O=S([O-])[O-].[Ca+2].[K+]. The average Bonchev–Trinajstić information content (AvgIpc) is 1.25. The van der Waals surface area contributed by atoms with Gasteiger partial charge in [-0.25, -0.2) is 4.21 Å². The summed E-state index contributed by atoms with van der Waals surface area (Å²) >= 11 is -5.97. The Morgan fingerprint density at radius 1 is 1.10 bits per heavy atom. The Kier molecular flexibility index (Phi) is 41.5. The first-order chi connectivity index (χ1) is 3.46. The molecule has 1 atom stereocenters. The predicted molar refractivity (Wildman–Crippen MR) is 27.0 cm³/mol. The predicted octanol–water partition coefficient (Wildman–Crippen LogP) is -5.04. The zero-order valence-corrected chi connectivity index (χ0v) is 12.0. The van der Waals surface area contributed by atoms with Gasteiger partial charge in [0.1, 0.15) is 0 Å². The van der Waals surface area contributed by atoms with Crippen molar-refractivity contribution in [2.24, 2.45) is 0 Å². The number of rotatable bonds is 0. The van der Waals surface area contributed by atoms with Crippen LogP contribution in [0.2, 0.25) is 0 Å². The Balaban J connectivity index is -0.0000000300. The number of hydrogen-bond acceptors (Lipinski definition) is 5. The Labute approximate surface area is 135 Å². The minimum Gasteiger partial charge on any atom is -0.784 e. The van der Waals surface area contributed by atoms with E-state index >= 15 is 0 Å². The summed E-state index contributed by atoms with van der Waals surface area (Å²) in [6.45, 7) is 0. The van der Waals surface area contributed by atoms with Gasteiger partial charge in [0.25, 0.3) is 0 Å². The second kappa shape index (κ2) is 18.0. The summed E-state index contributed by atoms with van der Waals surface area (Å²) in [5.41, 5.74) is 0. The van der Waals surface area contributed by atoms with E-state index in [1.165, 1.54) is 0 Å². The molecule has 0 heterocycles. The van der Waals surface area contributed by atoms with E-state index in [0.717, 1.165) is 0 Å². The van der Waals surface area contributed by atoms with Gasteiger partial charge in [-0.15, -0.1) is 11.4 Å². The molecule has 0 amide bonds. The molecule has 1 N–H and O–H groups in total. The third-order valence-electron chi connectivity index (χ3n) is 0. The fourth-order valence-corrected chi connectivity index (χ4v) is 0. The van der Waals surface area contributed by atoms with E-state index in [4.69, 9.17) is 26.6 Å². The first kappa shape index (κ1) is 23.1. The van der Waals surface area contributed by atoms with Gasteiger partial charge >= 0.3 is 89.1 Å². The van der Waals surface area contributed by atoms with Crippen LogP contribution in [0.25, 0.3) is 0 Å². The van der Waals surface area contributed by atoms with Crippen LogP contribution in [0.1, 0.15) is 0 Å². The van der Waals surface area contributed by atoms with Gasteiger partial charge in [-0.05, 0) is 0 Å². The largest absolute Gasteiger partial charge is 2.00 e. The molecular formula is HCaKO6S2. The molecule has 0 fully saturated rings. The molecule has 52 valence electrons. The van der Waals surface area contributed by atoms with Gasteiger partial charge in [-0.1, -0.05) is 0 Å². The van der Waals surface area contributed by atoms with Gasteiger partial charge in [0, 0.05) is 0 Å². The topological polar surface area (TPSA) is 124 Å². The Morgan fingerprint density at radius 2 is 1.10 bits per heavy atom. The van der Waals surface area contributed by atoms with Crippen LogP contribution in [0.3, 0.4) is 0 Å². The minimum atomic E-state index is -3.11. The molecule has 0 aliphatic heterocycles. The van der Waals surface area contributed by atoms with Crippen LogP contribution in [0.5, 0.6) is 0 Å². The van der Waals surface area contributed by atoms with Gasteiger partial charge in [-0.3, -0.25) is 4.21 Å². The smallest absolute Gasteiger partial charge is 0.784 e. The minimum absolute atomic E-state index is 0. The standard InChI is InChI=1S/Ca.K.2H2O3S/c;;2*1-4(2)3/h;;2*(H2,1,2,3)/q+2;+1;;/p-3. The summed E-state index contributed by atoms with van der Waals surface area (Å²) in [7, 11) is 0. The third-order valence-corrected chi connectivity index (χ3v) is 0. The van der Waals surface area contributed by atoms with Crippen LogP contribution >= 0.6 is 0 Å². The Bertz CT molecular complexity index is 73.7. The molecule has 1 unspecified atom stereocenters. The van der Waals surface area contributed by atoms with Gasteiger partial charge in [0.05, 0.1) is 11.4 Å². The normalized spacial score (nSPS) is 9.70. The maximum atomic E-state index is 8.56. The van der Waals surface area contributed by atoms with Crippen molar-refractivity contribution >= 4 is 60.5 Å². The molecule has 0 spiro atoms.